The van der Waals surface area contributed by atoms with Gasteiger partial charge in [0.2, 0.25) is 0 Å². The first-order valence-corrected chi connectivity index (χ1v) is 8.83. The van der Waals surface area contributed by atoms with E-state index in [-0.39, 0.29) is 16.7 Å². The Morgan fingerprint density at radius 1 is 1.17 bits per heavy atom. The fraction of sp³-hybridized carbons (Fsp3) is 0.706. The normalized spacial score (nSPS) is 34.7. The van der Waals surface area contributed by atoms with Crippen LogP contribution in [0.3, 0.4) is 0 Å². The van der Waals surface area contributed by atoms with E-state index in [9.17, 15) is 9.59 Å². The van der Waals surface area contributed by atoms with E-state index in [0.29, 0.717) is 17.7 Å². The van der Waals surface area contributed by atoms with Gasteiger partial charge in [0.25, 0.3) is 5.56 Å². The molecule has 0 radical (unpaired) electrons. The number of aromatic amines is 2. The highest BCUT2D eigenvalue weighted by Gasteiger charge is 2.57. The van der Waals surface area contributed by atoms with Crippen molar-refractivity contribution >= 4 is 11.2 Å². The highest BCUT2D eigenvalue weighted by molar-refractivity contribution is 5.69. The summed E-state index contributed by atoms with van der Waals surface area (Å²) in [4.78, 5) is 35.4. The van der Waals surface area contributed by atoms with Gasteiger partial charge in [0, 0.05) is 12.0 Å². The van der Waals surface area contributed by atoms with E-state index in [1.54, 1.807) is 0 Å². The minimum atomic E-state index is -0.351. The Balaban J connectivity index is 1.66. The predicted octanol–water partition coefficient (Wildman–Crippen LogP) is 1.90. The van der Waals surface area contributed by atoms with E-state index in [1.165, 1.54) is 36.7 Å². The van der Waals surface area contributed by atoms with E-state index in [4.69, 9.17) is 0 Å². The molecule has 2 aromatic rings. The van der Waals surface area contributed by atoms with Crippen LogP contribution in [0.1, 0.15) is 51.3 Å². The lowest BCUT2D eigenvalue weighted by molar-refractivity contribution is 0.220. The Morgan fingerprint density at radius 2 is 1.91 bits per heavy atom. The summed E-state index contributed by atoms with van der Waals surface area (Å²) in [6, 6.07) is 0. The zero-order valence-corrected chi connectivity index (χ0v) is 13.4. The lowest BCUT2D eigenvalue weighted by Crippen LogP contribution is -2.35. The fourth-order valence-electron chi connectivity index (χ4n) is 5.79. The standard InChI is InChI=1S/C17H22N4O2/c1-2-3-21-14(22)12-13(20-16(21)23)19-15(18-12)17-6-9-4-10(7-17)11(5-9)8-17/h9-11H,2-8H2,1H3,(H,18,19)(H,20,23). The van der Waals surface area contributed by atoms with Crippen molar-refractivity contribution in [3.8, 4) is 0 Å². The van der Waals surface area contributed by atoms with Gasteiger partial charge in [-0.2, -0.15) is 0 Å². The summed E-state index contributed by atoms with van der Waals surface area (Å²) < 4.78 is 1.28. The van der Waals surface area contributed by atoms with Gasteiger partial charge in [-0.05, 0) is 56.3 Å². The summed E-state index contributed by atoms with van der Waals surface area (Å²) in [6.07, 6.45) is 7.10. The molecule has 6 rings (SSSR count). The van der Waals surface area contributed by atoms with E-state index in [2.05, 4.69) is 15.0 Å². The average Bonchev–Trinajstić information content (AvgIpc) is 3.13. The maximum atomic E-state index is 12.6. The molecule has 2 heterocycles. The van der Waals surface area contributed by atoms with Crippen LogP contribution in [0.4, 0.5) is 0 Å². The molecule has 23 heavy (non-hydrogen) atoms. The largest absolute Gasteiger partial charge is 0.336 e. The highest BCUT2D eigenvalue weighted by atomic mass is 16.2. The van der Waals surface area contributed by atoms with Crippen molar-refractivity contribution in [1.82, 2.24) is 19.5 Å². The summed E-state index contributed by atoms with van der Waals surface area (Å²) >= 11 is 0. The summed E-state index contributed by atoms with van der Waals surface area (Å²) in [7, 11) is 0. The number of imidazole rings is 1. The molecule has 2 atom stereocenters. The molecule has 2 N–H and O–H groups in total. The van der Waals surface area contributed by atoms with Crippen LogP contribution in [0.15, 0.2) is 9.59 Å². The topological polar surface area (TPSA) is 83.5 Å². The van der Waals surface area contributed by atoms with Gasteiger partial charge in [0.1, 0.15) is 11.3 Å². The smallest absolute Gasteiger partial charge is 0.330 e. The number of rotatable bonds is 3. The summed E-state index contributed by atoms with van der Waals surface area (Å²) in [6.45, 7) is 2.40. The molecule has 6 nitrogen and oxygen atoms in total. The van der Waals surface area contributed by atoms with Gasteiger partial charge >= 0.3 is 5.69 Å². The molecule has 4 saturated carbocycles. The van der Waals surface area contributed by atoms with Gasteiger partial charge in [0.15, 0.2) is 5.65 Å². The van der Waals surface area contributed by atoms with Crippen molar-refractivity contribution in [3.63, 3.8) is 0 Å². The van der Waals surface area contributed by atoms with E-state index in [1.807, 2.05) is 6.92 Å². The number of nitrogens with zero attached hydrogens (tertiary/aromatic N) is 2. The highest BCUT2D eigenvalue weighted by Crippen LogP contribution is 2.64. The number of aromatic nitrogens is 4. The van der Waals surface area contributed by atoms with E-state index in [0.717, 1.165) is 30.0 Å². The zero-order chi connectivity index (χ0) is 15.8. The Kier molecular flexibility index (Phi) is 2.58. The molecule has 122 valence electrons. The molecule has 0 amide bonds. The lowest BCUT2D eigenvalue weighted by Gasteiger charge is -2.36. The van der Waals surface area contributed by atoms with Crippen molar-refractivity contribution in [1.29, 1.82) is 0 Å². The molecule has 0 saturated heterocycles. The van der Waals surface area contributed by atoms with Crippen molar-refractivity contribution in [2.24, 2.45) is 17.8 Å². The molecule has 4 fully saturated rings. The second kappa shape index (κ2) is 4.36. The van der Waals surface area contributed by atoms with Crippen LogP contribution in [-0.2, 0) is 12.0 Å². The first-order valence-electron chi connectivity index (χ1n) is 8.83. The number of hydrogen-bond acceptors (Lipinski definition) is 3. The number of nitrogens with one attached hydrogen (secondary N) is 2. The molecule has 4 aliphatic carbocycles. The number of fused-ring (bicyclic) bond motifs is 1. The van der Waals surface area contributed by atoms with Crippen LogP contribution in [-0.4, -0.2) is 19.5 Å². The summed E-state index contributed by atoms with van der Waals surface area (Å²) in [5.74, 6) is 3.46. The second-order valence-electron chi connectivity index (χ2n) is 7.95. The van der Waals surface area contributed by atoms with Gasteiger partial charge in [-0.15, -0.1) is 0 Å². The predicted molar refractivity (Wildman–Crippen MR) is 86.5 cm³/mol. The van der Waals surface area contributed by atoms with Crippen LogP contribution >= 0.6 is 0 Å². The molecular weight excluding hydrogens is 292 g/mol. The third kappa shape index (κ3) is 1.72. The zero-order valence-electron chi connectivity index (χ0n) is 13.4. The quantitative estimate of drug-likeness (QED) is 0.907. The number of H-pyrrole nitrogens is 2. The first kappa shape index (κ1) is 13.6. The maximum absolute atomic E-state index is 12.6. The Hall–Kier alpha value is -1.85. The Morgan fingerprint density at radius 3 is 2.57 bits per heavy atom. The Bertz CT molecular complexity index is 886. The van der Waals surface area contributed by atoms with Crippen LogP contribution in [0.2, 0.25) is 0 Å². The summed E-state index contributed by atoms with van der Waals surface area (Å²) in [5.41, 5.74) is 0.422. The minimum Gasteiger partial charge on any atom is -0.336 e. The van der Waals surface area contributed by atoms with Gasteiger partial charge < -0.3 is 4.98 Å². The fourth-order valence-corrected chi connectivity index (χ4v) is 5.79. The first-order chi connectivity index (χ1) is 11.1. The summed E-state index contributed by atoms with van der Waals surface area (Å²) in [5, 5.41) is 0. The van der Waals surface area contributed by atoms with Crippen LogP contribution < -0.4 is 11.2 Å². The molecule has 0 spiro atoms. The third-order valence-electron chi connectivity index (χ3n) is 6.51. The van der Waals surface area contributed by atoms with Gasteiger partial charge in [-0.1, -0.05) is 6.92 Å². The second-order valence-corrected chi connectivity index (χ2v) is 7.95. The van der Waals surface area contributed by atoms with Crippen LogP contribution in [0, 0.1) is 17.8 Å². The molecule has 4 aliphatic rings. The molecule has 2 unspecified atom stereocenters. The minimum absolute atomic E-state index is 0.119. The molecule has 6 heteroatoms. The van der Waals surface area contributed by atoms with Gasteiger partial charge in [-0.3, -0.25) is 14.3 Å². The van der Waals surface area contributed by atoms with Crippen molar-refractivity contribution < 1.29 is 0 Å². The average molecular weight is 314 g/mol. The number of hydrogen-bond donors (Lipinski definition) is 2. The maximum Gasteiger partial charge on any atom is 0.330 e. The Labute approximate surface area is 133 Å². The third-order valence-corrected chi connectivity index (χ3v) is 6.51. The molecule has 4 bridgehead atoms. The van der Waals surface area contributed by atoms with Gasteiger partial charge in [-0.25, -0.2) is 9.78 Å². The van der Waals surface area contributed by atoms with E-state index >= 15 is 0 Å². The molecule has 2 aromatic heterocycles. The molecule has 0 aliphatic heterocycles. The molecular formula is C17H22N4O2. The van der Waals surface area contributed by atoms with E-state index < -0.39 is 0 Å². The van der Waals surface area contributed by atoms with Crippen LogP contribution in [0.5, 0.6) is 0 Å². The molecule has 0 aromatic carbocycles. The van der Waals surface area contributed by atoms with Crippen LogP contribution in [0.25, 0.3) is 11.2 Å². The van der Waals surface area contributed by atoms with Crippen molar-refractivity contribution in [3.05, 3.63) is 26.7 Å². The van der Waals surface area contributed by atoms with Crippen molar-refractivity contribution in [2.75, 3.05) is 0 Å². The van der Waals surface area contributed by atoms with Gasteiger partial charge in [0.05, 0.1) is 0 Å². The SMILES string of the molecule is CCCn1c(=O)[nH]c2nc(C34CC5CC(C3)C(C5)C4)[nH]c2c1=O. The lowest BCUT2D eigenvalue weighted by atomic mass is 9.69. The monoisotopic (exact) mass is 314 g/mol. The van der Waals surface area contributed by atoms with Crippen molar-refractivity contribution in [2.45, 2.75) is 57.4 Å².